The van der Waals surface area contributed by atoms with E-state index in [4.69, 9.17) is 4.74 Å². The molecule has 0 spiro atoms. The summed E-state index contributed by atoms with van der Waals surface area (Å²) in [7, 11) is 1.63. The summed E-state index contributed by atoms with van der Waals surface area (Å²) in [6, 6.07) is 5.95. The van der Waals surface area contributed by atoms with Crippen LogP contribution in [0.25, 0.3) is 11.3 Å². The number of ether oxygens (including phenoxy) is 1. The molecule has 14 heavy (non-hydrogen) atoms. The lowest BCUT2D eigenvalue weighted by Crippen LogP contribution is -1.90. The highest BCUT2D eigenvalue weighted by Gasteiger charge is 2.06. The molecule has 0 aromatic carbocycles. The molecule has 0 bridgehead atoms. The maximum atomic E-state index is 5.18. The molecule has 2 rings (SSSR count). The Morgan fingerprint density at radius 2 is 2.29 bits per heavy atom. The molecular formula is C11H12N2O. The van der Waals surface area contributed by atoms with Gasteiger partial charge in [0.05, 0.1) is 18.4 Å². The van der Waals surface area contributed by atoms with E-state index in [1.54, 1.807) is 13.3 Å². The molecule has 2 aromatic heterocycles. The zero-order chi connectivity index (χ0) is 9.97. The minimum Gasteiger partial charge on any atom is -0.481 e. The first kappa shape index (κ1) is 8.81. The third-order valence-electron chi connectivity index (χ3n) is 2.08. The van der Waals surface area contributed by atoms with Crippen LogP contribution in [0.15, 0.2) is 30.6 Å². The average Bonchev–Trinajstić information content (AvgIpc) is 2.65. The summed E-state index contributed by atoms with van der Waals surface area (Å²) in [4.78, 5) is 7.32. The lowest BCUT2D eigenvalue weighted by Gasteiger charge is -2.03. The minimum absolute atomic E-state index is 0.648. The molecule has 0 aliphatic carbocycles. The van der Waals surface area contributed by atoms with Crippen LogP contribution in [-0.2, 0) is 0 Å². The Kier molecular flexibility index (Phi) is 2.23. The Labute approximate surface area is 82.8 Å². The number of pyridine rings is 1. The van der Waals surface area contributed by atoms with Crippen LogP contribution < -0.4 is 4.74 Å². The highest BCUT2D eigenvalue weighted by atomic mass is 16.5. The van der Waals surface area contributed by atoms with Crippen LogP contribution in [0.5, 0.6) is 5.88 Å². The first-order valence-electron chi connectivity index (χ1n) is 4.45. The van der Waals surface area contributed by atoms with E-state index in [1.807, 2.05) is 25.3 Å². The van der Waals surface area contributed by atoms with Crippen molar-refractivity contribution in [2.45, 2.75) is 6.92 Å². The average molecular weight is 188 g/mol. The summed E-state index contributed by atoms with van der Waals surface area (Å²) >= 11 is 0. The standard InChI is InChI=1S/C11H12N2O/c1-8-6-10(13-7-8)9-4-3-5-12-11(9)14-2/h3-7,13H,1-2H3. The van der Waals surface area contributed by atoms with Gasteiger partial charge in [0, 0.05) is 12.4 Å². The molecule has 0 saturated carbocycles. The number of hydrogen-bond acceptors (Lipinski definition) is 2. The maximum Gasteiger partial charge on any atom is 0.222 e. The Balaban J connectivity index is 2.50. The summed E-state index contributed by atoms with van der Waals surface area (Å²) < 4.78 is 5.18. The normalized spacial score (nSPS) is 10.1. The van der Waals surface area contributed by atoms with Crippen molar-refractivity contribution >= 4 is 0 Å². The number of methoxy groups -OCH3 is 1. The van der Waals surface area contributed by atoms with E-state index < -0.39 is 0 Å². The van der Waals surface area contributed by atoms with Gasteiger partial charge in [-0.15, -0.1) is 0 Å². The van der Waals surface area contributed by atoms with Gasteiger partial charge in [-0.05, 0) is 30.7 Å². The fraction of sp³-hybridized carbons (Fsp3) is 0.182. The van der Waals surface area contributed by atoms with E-state index in [0.29, 0.717) is 5.88 Å². The molecule has 3 nitrogen and oxygen atoms in total. The predicted octanol–water partition coefficient (Wildman–Crippen LogP) is 2.39. The zero-order valence-corrected chi connectivity index (χ0v) is 8.24. The first-order chi connectivity index (χ1) is 6.81. The molecule has 0 aliphatic heterocycles. The Bertz CT molecular complexity index is 434. The molecule has 2 heterocycles. The lowest BCUT2D eigenvalue weighted by molar-refractivity contribution is 0.399. The van der Waals surface area contributed by atoms with Crippen LogP contribution in [0, 0.1) is 6.92 Å². The van der Waals surface area contributed by atoms with Crippen LogP contribution in [-0.4, -0.2) is 17.1 Å². The van der Waals surface area contributed by atoms with E-state index in [-0.39, 0.29) is 0 Å². The minimum atomic E-state index is 0.648. The molecule has 0 unspecified atom stereocenters. The van der Waals surface area contributed by atoms with Gasteiger partial charge >= 0.3 is 0 Å². The largest absolute Gasteiger partial charge is 0.481 e. The quantitative estimate of drug-likeness (QED) is 0.785. The van der Waals surface area contributed by atoms with Crippen molar-refractivity contribution < 1.29 is 4.74 Å². The number of aromatic amines is 1. The number of rotatable bonds is 2. The molecule has 0 atom stereocenters. The number of aryl methyl sites for hydroxylation is 1. The van der Waals surface area contributed by atoms with Crippen molar-refractivity contribution in [3.63, 3.8) is 0 Å². The number of H-pyrrole nitrogens is 1. The van der Waals surface area contributed by atoms with E-state index in [9.17, 15) is 0 Å². The molecule has 0 amide bonds. The maximum absolute atomic E-state index is 5.18. The molecule has 3 heteroatoms. The molecule has 0 radical (unpaired) electrons. The molecular weight excluding hydrogens is 176 g/mol. The molecule has 0 aliphatic rings. The third-order valence-corrected chi connectivity index (χ3v) is 2.08. The zero-order valence-electron chi connectivity index (χ0n) is 8.24. The van der Waals surface area contributed by atoms with E-state index in [1.165, 1.54) is 5.56 Å². The molecule has 72 valence electrons. The van der Waals surface area contributed by atoms with Gasteiger partial charge < -0.3 is 9.72 Å². The van der Waals surface area contributed by atoms with Gasteiger partial charge in [0.15, 0.2) is 0 Å². The Morgan fingerprint density at radius 1 is 1.43 bits per heavy atom. The van der Waals surface area contributed by atoms with Crippen LogP contribution >= 0.6 is 0 Å². The SMILES string of the molecule is COc1ncccc1-c1cc(C)c[nH]1. The second kappa shape index (κ2) is 3.54. The fourth-order valence-electron chi connectivity index (χ4n) is 1.42. The van der Waals surface area contributed by atoms with Gasteiger partial charge in [0.25, 0.3) is 0 Å². The predicted molar refractivity (Wildman–Crippen MR) is 55.3 cm³/mol. The second-order valence-electron chi connectivity index (χ2n) is 3.15. The second-order valence-corrected chi connectivity index (χ2v) is 3.15. The first-order valence-corrected chi connectivity index (χ1v) is 4.45. The molecule has 2 aromatic rings. The topological polar surface area (TPSA) is 37.9 Å². The highest BCUT2D eigenvalue weighted by Crippen LogP contribution is 2.26. The van der Waals surface area contributed by atoms with Gasteiger partial charge in [-0.1, -0.05) is 0 Å². The van der Waals surface area contributed by atoms with E-state index in [0.717, 1.165) is 11.3 Å². The number of nitrogens with one attached hydrogen (secondary N) is 1. The van der Waals surface area contributed by atoms with Crippen LogP contribution in [0.3, 0.4) is 0 Å². The number of nitrogens with zero attached hydrogens (tertiary/aromatic N) is 1. The van der Waals surface area contributed by atoms with Gasteiger partial charge in [-0.2, -0.15) is 0 Å². The summed E-state index contributed by atoms with van der Waals surface area (Å²) in [5.41, 5.74) is 3.22. The number of hydrogen-bond donors (Lipinski definition) is 1. The third kappa shape index (κ3) is 1.48. The van der Waals surface area contributed by atoms with Gasteiger partial charge in [0.2, 0.25) is 5.88 Å². The van der Waals surface area contributed by atoms with Gasteiger partial charge in [0.1, 0.15) is 0 Å². The fourth-order valence-corrected chi connectivity index (χ4v) is 1.42. The van der Waals surface area contributed by atoms with Gasteiger partial charge in [-0.25, -0.2) is 4.98 Å². The summed E-state index contributed by atoms with van der Waals surface area (Å²) in [5, 5.41) is 0. The summed E-state index contributed by atoms with van der Waals surface area (Å²) in [5.74, 6) is 0.648. The van der Waals surface area contributed by atoms with Crippen LogP contribution in [0.2, 0.25) is 0 Å². The van der Waals surface area contributed by atoms with E-state index in [2.05, 4.69) is 16.0 Å². The van der Waals surface area contributed by atoms with Crippen molar-refractivity contribution in [1.29, 1.82) is 0 Å². The summed E-state index contributed by atoms with van der Waals surface area (Å²) in [6.07, 6.45) is 3.68. The highest BCUT2D eigenvalue weighted by molar-refractivity contribution is 5.65. The monoisotopic (exact) mass is 188 g/mol. The Morgan fingerprint density at radius 3 is 2.93 bits per heavy atom. The van der Waals surface area contributed by atoms with Crippen molar-refractivity contribution in [3.05, 3.63) is 36.2 Å². The Hall–Kier alpha value is -1.77. The lowest BCUT2D eigenvalue weighted by atomic mass is 10.2. The smallest absolute Gasteiger partial charge is 0.222 e. The molecule has 0 fully saturated rings. The molecule has 1 N–H and O–H groups in total. The van der Waals surface area contributed by atoms with Crippen molar-refractivity contribution in [2.24, 2.45) is 0 Å². The van der Waals surface area contributed by atoms with Gasteiger partial charge in [-0.3, -0.25) is 0 Å². The van der Waals surface area contributed by atoms with E-state index >= 15 is 0 Å². The van der Waals surface area contributed by atoms with Crippen LogP contribution in [0.1, 0.15) is 5.56 Å². The van der Waals surface area contributed by atoms with Crippen molar-refractivity contribution in [3.8, 4) is 17.1 Å². The summed E-state index contributed by atoms with van der Waals surface area (Å²) in [6.45, 7) is 2.04. The van der Waals surface area contributed by atoms with Crippen molar-refractivity contribution in [1.82, 2.24) is 9.97 Å². The van der Waals surface area contributed by atoms with Crippen LogP contribution in [0.4, 0.5) is 0 Å². The van der Waals surface area contributed by atoms with Crippen molar-refractivity contribution in [2.75, 3.05) is 7.11 Å². The number of aromatic nitrogens is 2. The molecule has 0 saturated heterocycles.